The summed E-state index contributed by atoms with van der Waals surface area (Å²) in [4.78, 5) is 4.82. The minimum atomic E-state index is -0.0519. The number of rotatable bonds is 6. The molecule has 6 rings (SSSR count). The molecular formula is C35H31NO. The Balaban J connectivity index is 1.49. The predicted octanol–water partition coefficient (Wildman–Crippen LogP) is 9.73. The van der Waals surface area contributed by atoms with Crippen LogP contribution < -0.4 is 0 Å². The second-order valence-electron chi connectivity index (χ2n) is 9.95. The lowest BCUT2D eigenvalue weighted by Crippen LogP contribution is -2.26. The molecule has 0 radical (unpaired) electrons. The van der Waals surface area contributed by atoms with Crippen molar-refractivity contribution in [2.75, 3.05) is 0 Å². The van der Waals surface area contributed by atoms with E-state index in [1.807, 2.05) is 6.20 Å². The van der Waals surface area contributed by atoms with Crippen LogP contribution in [0.15, 0.2) is 114 Å². The Bertz CT molecular complexity index is 1690. The van der Waals surface area contributed by atoms with E-state index in [-0.39, 0.29) is 5.41 Å². The molecule has 2 nitrogen and oxygen atoms in total. The van der Waals surface area contributed by atoms with Crippen molar-refractivity contribution in [2.45, 2.75) is 39.0 Å². The molecule has 0 bridgehead atoms. The zero-order valence-electron chi connectivity index (χ0n) is 21.7. The fraction of sp³-hybridized carbons (Fsp3) is 0.171. The molecule has 0 aliphatic rings. The van der Waals surface area contributed by atoms with Gasteiger partial charge in [0.2, 0.25) is 0 Å². The van der Waals surface area contributed by atoms with Crippen LogP contribution in [0.25, 0.3) is 44.3 Å². The fourth-order valence-electron chi connectivity index (χ4n) is 5.79. The van der Waals surface area contributed by atoms with Crippen LogP contribution >= 0.6 is 0 Å². The maximum atomic E-state index is 6.55. The lowest BCUT2D eigenvalue weighted by atomic mass is 9.70. The molecule has 4 aromatic carbocycles. The molecule has 0 amide bonds. The topological polar surface area (TPSA) is 26.0 Å². The number of fused-ring (bicyclic) bond motifs is 3. The van der Waals surface area contributed by atoms with E-state index in [2.05, 4.69) is 124 Å². The molecule has 182 valence electrons. The molecule has 0 fully saturated rings. The molecule has 0 atom stereocenters. The van der Waals surface area contributed by atoms with E-state index >= 15 is 0 Å². The van der Waals surface area contributed by atoms with Gasteiger partial charge in [-0.1, -0.05) is 92.2 Å². The van der Waals surface area contributed by atoms with Crippen LogP contribution in [0.4, 0.5) is 0 Å². The second kappa shape index (κ2) is 9.37. The van der Waals surface area contributed by atoms with Crippen molar-refractivity contribution >= 4 is 21.9 Å². The van der Waals surface area contributed by atoms with E-state index in [1.54, 1.807) is 0 Å². The van der Waals surface area contributed by atoms with E-state index in [0.29, 0.717) is 0 Å². The summed E-state index contributed by atoms with van der Waals surface area (Å²) in [5.41, 5.74) is 9.97. The largest absolute Gasteiger partial charge is 0.455 e. The van der Waals surface area contributed by atoms with Crippen molar-refractivity contribution in [1.29, 1.82) is 0 Å². The zero-order chi connectivity index (χ0) is 25.4. The highest BCUT2D eigenvalue weighted by Gasteiger charge is 2.31. The first-order valence-electron chi connectivity index (χ1n) is 13.2. The van der Waals surface area contributed by atoms with E-state index < -0.39 is 0 Å². The summed E-state index contributed by atoms with van der Waals surface area (Å²) in [6.07, 6.45) is 3.99. The molecule has 0 N–H and O–H groups in total. The van der Waals surface area contributed by atoms with E-state index in [9.17, 15) is 0 Å². The summed E-state index contributed by atoms with van der Waals surface area (Å²) in [6.45, 7) is 6.67. The van der Waals surface area contributed by atoms with Gasteiger partial charge in [0.05, 0.1) is 5.69 Å². The van der Waals surface area contributed by atoms with Crippen molar-refractivity contribution < 1.29 is 4.42 Å². The van der Waals surface area contributed by atoms with Crippen LogP contribution in [-0.2, 0) is 5.41 Å². The summed E-state index contributed by atoms with van der Waals surface area (Å²) in [5.74, 6) is 0. The molecule has 0 aliphatic carbocycles. The van der Waals surface area contributed by atoms with Crippen molar-refractivity contribution in [2.24, 2.45) is 0 Å². The van der Waals surface area contributed by atoms with Crippen molar-refractivity contribution in [3.63, 3.8) is 0 Å². The minimum Gasteiger partial charge on any atom is -0.455 e. The number of pyridine rings is 1. The molecule has 0 spiro atoms. The van der Waals surface area contributed by atoms with Gasteiger partial charge >= 0.3 is 0 Å². The standard InChI is InChI=1S/C35H31NO/c1-4-35(5-2,27-10-7-6-8-11-27)28-20-21-36-32(23-28)31-13-9-12-30-29-19-18-26(22-33(29)37-34(30)31)25-16-14-24(3)15-17-25/h6-23H,4-5H2,1-3H3. The van der Waals surface area contributed by atoms with Gasteiger partial charge < -0.3 is 4.42 Å². The third-order valence-electron chi connectivity index (χ3n) is 8.01. The van der Waals surface area contributed by atoms with Crippen molar-refractivity contribution in [1.82, 2.24) is 4.98 Å². The van der Waals surface area contributed by atoms with Gasteiger partial charge in [0.1, 0.15) is 11.2 Å². The highest BCUT2D eigenvalue weighted by molar-refractivity contribution is 6.10. The number of para-hydroxylation sites is 1. The highest BCUT2D eigenvalue weighted by atomic mass is 16.3. The Kier molecular flexibility index (Phi) is 5.88. The molecule has 6 aromatic rings. The Morgan fingerprint density at radius 1 is 0.676 bits per heavy atom. The molecule has 2 heteroatoms. The van der Waals surface area contributed by atoms with Crippen LogP contribution in [0, 0.1) is 6.92 Å². The first-order valence-corrected chi connectivity index (χ1v) is 13.2. The van der Waals surface area contributed by atoms with Crippen LogP contribution in [0.3, 0.4) is 0 Å². The van der Waals surface area contributed by atoms with Gasteiger partial charge in [0.15, 0.2) is 0 Å². The first kappa shape index (κ1) is 23.2. The average molecular weight is 482 g/mol. The number of nitrogens with zero attached hydrogens (tertiary/aromatic N) is 1. The summed E-state index contributed by atoms with van der Waals surface area (Å²) in [7, 11) is 0. The zero-order valence-corrected chi connectivity index (χ0v) is 21.7. The van der Waals surface area contributed by atoms with E-state index in [1.165, 1.54) is 22.3 Å². The molecule has 37 heavy (non-hydrogen) atoms. The molecule has 2 aromatic heterocycles. The lowest BCUT2D eigenvalue weighted by Gasteiger charge is -2.33. The molecule has 0 unspecified atom stereocenters. The normalized spacial score (nSPS) is 11.9. The maximum absolute atomic E-state index is 6.55. The molecular weight excluding hydrogens is 450 g/mol. The van der Waals surface area contributed by atoms with Crippen LogP contribution in [-0.4, -0.2) is 4.98 Å². The Morgan fingerprint density at radius 2 is 1.43 bits per heavy atom. The Hall–Kier alpha value is -4.17. The summed E-state index contributed by atoms with van der Waals surface area (Å²) < 4.78 is 6.55. The molecule has 0 saturated carbocycles. The smallest absolute Gasteiger partial charge is 0.144 e. The second-order valence-corrected chi connectivity index (χ2v) is 9.95. The van der Waals surface area contributed by atoms with Crippen LogP contribution in [0.2, 0.25) is 0 Å². The Labute approximate surface area is 218 Å². The van der Waals surface area contributed by atoms with Crippen molar-refractivity contribution in [3.05, 3.63) is 126 Å². The lowest BCUT2D eigenvalue weighted by molar-refractivity contribution is 0.478. The number of hydrogen-bond acceptors (Lipinski definition) is 2. The van der Waals surface area contributed by atoms with Gasteiger partial charge in [0.25, 0.3) is 0 Å². The van der Waals surface area contributed by atoms with Gasteiger partial charge in [-0.2, -0.15) is 0 Å². The summed E-state index contributed by atoms with van der Waals surface area (Å²) in [6, 6.07) is 36.8. The number of aryl methyl sites for hydroxylation is 1. The van der Waals surface area contributed by atoms with Gasteiger partial charge in [-0.05, 0) is 72.4 Å². The van der Waals surface area contributed by atoms with Gasteiger partial charge in [-0.3, -0.25) is 4.98 Å². The summed E-state index contributed by atoms with van der Waals surface area (Å²) in [5, 5.41) is 2.25. The van der Waals surface area contributed by atoms with E-state index in [0.717, 1.165) is 51.6 Å². The van der Waals surface area contributed by atoms with Gasteiger partial charge in [0, 0.05) is 27.9 Å². The predicted molar refractivity (Wildman–Crippen MR) is 155 cm³/mol. The first-order chi connectivity index (χ1) is 18.1. The highest BCUT2D eigenvalue weighted by Crippen LogP contribution is 2.41. The fourth-order valence-corrected chi connectivity index (χ4v) is 5.79. The summed E-state index contributed by atoms with van der Waals surface area (Å²) >= 11 is 0. The van der Waals surface area contributed by atoms with Crippen LogP contribution in [0.1, 0.15) is 43.4 Å². The SMILES string of the molecule is CCC(CC)(c1ccccc1)c1ccnc(-c2cccc3c2oc2cc(-c4ccc(C)cc4)ccc23)c1. The van der Waals surface area contributed by atoms with Crippen LogP contribution in [0.5, 0.6) is 0 Å². The minimum absolute atomic E-state index is 0.0519. The van der Waals surface area contributed by atoms with E-state index in [4.69, 9.17) is 9.40 Å². The number of hydrogen-bond donors (Lipinski definition) is 0. The number of furan rings is 1. The number of benzene rings is 4. The van der Waals surface area contributed by atoms with Gasteiger partial charge in [-0.25, -0.2) is 0 Å². The third kappa shape index (κ3) is 3.94. The molecule has 0 aliphatic heterocycles. The third-order valence-corrected chi connectivity index (χ3v) is 8.01. The average Bonchev–Trinajstić information content (AvgIpc) is 3.33. The monoisotopic (exact) mass is 481 g/mol. The maximum Gasteiger partial charge on any atom is 0.144 e. The quantitative estimate of drug-likeness (QED) is 0.237. The number of aromatic nitrogens is 1. The van der Waals surface area contributed by atoms with Gasteiger partial charge in [-0.15, -0.1) is 0 Å². The Morgan fingerprint density at radius 3 is 2.19 bits per heavy atom. The van der Waals surface area contributed by atoms with Crippen molar-refractivity contribution in [3.8, 4) is 22.4 Å². The molecule has 0 saturated heterocycles. The molecule has 2 heterocycles.